The van der Waals surface area contributed by atoms with Crippen molar-refractivity contribution in [3.63, 3.8) is 0 Å². The largest absolute Gasteiger partial charge is 0.402 e. The number of aliphatic hydroxyl groups excluding tert-OH is 1. The Balaban J connectivity index is 2.02. The van der Waals surface area contributed by atoms with Gasteiger partial charge in [-0.15, -0.1) is 0 Å². The molecule has 0 aliphatic carbocycles. The van der Waals surface area contributed by atoms with E-state index in [9.17, 15) is 9.90 Å². The molecule has 0 saturated carbocycles. The van der Waals surface area contributed by atoms with Crippen LogP contribution in [-0.4, -0.2) is 33.6 Å². The summed E-state index contributed by atoms with van der Waals surface area (Å²) in [4.78, 5) is 16.0. The summed E-state index contributed by atoms with van der Waals surface area (Å²) in [7, 11) is 1.59. The third kappa shape index (κ3) is 2.76. The molecule has 3 N–H and O–H groups in total. The summed E-state index contributed by atoms with van der Waals surface area (Å²) in [6, 6.07) is 7.15. The van der Waals surface area contributed by atoms with Crippen LogP contribution in [0.4, 0.5) is 11.5 Å². The maximum absolute atomic E-state index is 11.7. The minimum atomic E-state index is -0.150. The molecule has 0 aliphatic rings. The highest BCUT2D eigenvalue weighted by atomic mass is 16.3. The van der Waals surface area contributed by atoms with Crippen LogP contribution in [0.2, 0.25) is 0 Å². The Morgan fingerprint density at radius 3 is 3.00 bits per heavy atom. The van der Waals surface area contributed by atoms with Crippen molar-refractivity contribution in [2.24, 2.45) is 0 Å². The van der Waals surface area contributed by atoms with Crippen molar-refractivity contribution in [3.05, 3.63) is 53.5 Å². The van der Waals surface area contributed by atoms with Gasteiger partial charge in [0.15, 0.2) is 5.82 Å². The second-order valence-electron chi connectivity index (χ2n) is 5.12. The lowest BCUT2D eigenvalue weighted by molar-refractivity contribution is 0.0981. The van der Waals surface area contributed by atoms with Crippen molar-refractivity contribution in [1.82, 2.24) is 19.8 Å². The quantitative estimate of drug-likeness (QED) is 0.612. The predicted molar refractivity (Wildman–Crippen MR) is 89.4 cm³/mol. The molecule has 0 aliphatic heterocycles. The third-order valence-corrected chi connectivity index (χ3v) is 3.72. The van der Waals surface area contributed by atoms with E-state index >= 15 is 0 Å². The van der Waals surface area contributed by atoms with Crippen LogP contribution in [0.1, 0.15) is 21.5 Å². The molecule has 2 heterocycles. The first-order chi connectivity index (χ1) is 11.1. The number of nitrogens with zero attached hydrogens (tertiary/aromatic N) is 3. The number of aromatic nitrogens is 3. The smallest absolute Gasteiger partial charge is 0.238 e. The molecule has 7 nitrogen and oxygen atoms in total. The average Bonchev–Trinajstić information content (AvgIpc) is 2.91. The first-order valence-corrected chi connectivity index (χ1v) is 7.16. The number of anilines is 2. The second kappa shape index (κ2) is 6.09. The molecule has 8 heteroatoms. The van der Waals surface area contributed by atoms with Gasteiger partial charge in [0, 0.05) is 23.0 Å². The van der Waals surface area contributed by atoms with E-state index in [0.29, 0.717) is 11.4 Å². The Kier molecular flexibility index (Phi) is 3.99. The van der Waals surface area contributed by atoms with Crippen LogP contribution in [0, 0.1) is 6.92 Å². The van der Waals surface area contributed by atoms with Gasteiger partial charge in [-0.2, -0.15) is 5.10 Å². The maximum Gasteiger partial charge on any atom is 0.238 e. The molecule has 1 aromatic carbocycles. The van der Waals surface area contributed by atoms with Gasteiger partial charge in [-0.3, -0.25) is 4.79 Å². The number of hydrogen-bond acceptors (Lipinski definition) is 5. The minimum absolute atomic E-state index is 0.0548. The summed E-state index contributed by atoms with van der Waals surface area (Å²) in [6.45, 7) is 1.86. The Hall–Kier alpha value is -2.87. The minimum Gasteiger partial charge on any atom is -0.402 e. The molecule has 0 fully saturated rings. The topological polar surface area (TPSA) is 91.5 Å². The predicted octanol–water partition coefficient (Wildman–Crippen LogP) is 0.552. The highest BCUT2D eigenvalue weighted by Gasteiger charge is 2.12. The Morgan fingerprint density at radius 1 is 1.43 bits per heavy atom. The molecule has 23 heavy (non-hydrogen) atoms. The van der Waals surface area contributed by atoms with Crippen LogP contribution in [-0.2, 0) is 6.61 Å². The Labute approximate surface area is 133 Å². The zero-order valence-electron chi connectivity index (χ0n) is 12.9. The first kappa shape index (κ1) is 15.0. The van der Waals surface area contributed by atoms with E-state index in [-0.39, 0.29) is 12.5 Å². The van der Waals surface area contributed by atoms with Crippen molar-refractivity contribution in [3.8, 4) is 0 Å². The van der Waals surface area contributed by atoms with E-state index in [4.69, 9.17) is 0 Å². The summed E-state index contributed by atoms with van der Waals surface area (Å²) in [6.07, 6.45) is 3.22. The summed E-state index contributed by atoms with van der Waals surface area (Å²) in [5, 5.41) is 19.4. The number of carbonyl (C=O) groups is 1. The second-order valence-corrected chi connectivity index (χ2v) is 5.12. The molecule has 3 aromatic rings. The number of carbonyl (C=O) groups excluding carboxylic acids is 1. The van der Waals surface area contributed by atoms with Crippen LogP contribution < -0.4 is 10.5 Å². The first-order valence-electron chi connectivity index (χ1n) is 7.16. The summed E-state index contributed by atoms with van der Waals surface area (Å²) in [5.74, 6) is 0.467. The Bertz CT molecular complexity index is 877. The van der Waals surface area contributed by atoms with Gasteiger partial charge in [-0.25, -0.2) is 9.50 Å². The molecule has 3 rings (SSSR count). The number of aliphatic hydroxyl groups is 1. The van der Waals surface area contributed by atoms with Crippen LogP contribution in [0.5, 0.6) is 0 Å². The lowest BCUT2D eigenvalue weighted by Crippen LogP contribution is -2.19. The molecule has 2 aromatic heterocycles. The molecular weight excluding hydrogens is 293 g/mol. The van der Waals surface area contributed by atoms with Crippen LogP contribution in [0.3, 0.4) is 0 Å². The van der Waals surface area contributed by atoms with Gasteiger partial charge in [-0.1, -0.05) is 6.07 Å². The molecule has 0 saturated heterocycles. The van der Waals surface area contributed by atoms with Gasteiger partial charge in [-0.05, 0) is 30.7 Å². The SMILES string of the molecule is BNC(=O)c1cccc(Nc2ncnn3cc(CO)c(C)c23)c1. The number of nitrogens with one attached hydrogen (secondary N) is 2. The normalized spacial score (nSPS) is 10.7. The zero-order chi connectivity index (χ0) is 16.4. The average molecular weight is 309 g/mol. The van der Waals surface area contributed by atoms with E-state index in [1.54, 1.807) is 36.9 Å². The highest BCUT2D eigenvalue weighted by Crippen LogP contribution is 2.25. The monoisotopic (exact) mass is 309 g/mol. The van der Waals surface area contributed by atoms with Gasteiger partial charge < -0.3 is 15.7 Å². The van der Waals surface area contributed by atoms with Gasteiger partial charge in [0.05, 0.1) is 6.61 Å². The summed E-state index contributed by atoms with van der Waals surface area (Å²) < 4.78 is 1.68. The number of hydrogen-bond donors (Lipinski definition) is 3. The van der Waals surface area contributed by atoms with Crippen molar-refractivity contribution >= 4 is 30.9 Å². The molecule has 0 bridgehead atoms. The standard InChI is InChI=1S/C15H16BN5O2/c1-9-11(7-22)6-21-13(9)14(17-8-18-21)19-12-4-2-3-10(5-12)15(23)20-16/h2-6,8,22H,7,16H2,1H3,(H,20,23)(H,17,18,19). The van der Waals surface area contributed by atoms with E-state index in [1.165, 1.54) is 6.33 Å². The molecule has 0 atom stereocenters. The molecule has 1 amide bonds. The number of amides is 1. The number of fused-ring (bicyclic) bond motifs is 1. The van der Waals surface area contributed by atoms with Gasteiger partial charge in [0.2, 0.25) is 13.9 Å². The van der Waals surface area contributed by atoms with E-state index < -0.39 is 0 Å². The van der Waals surface area contributed by atoms with E-state index in [1.807, 2.05) is 13.0 Å². The number of rotatable bonds is 4. The molecule has 0 radical (unpaired) electrons. The fourth-order valence-corrected chi connectivity index (χ4v) is 2.48. The summed E-state index contributed by atoms with van der Waals surface area (Å²) >= 11 is 0. The molecular formula is C15H16BN5O2. The zero-order valence-corrected chi connectivity index (χ0v) is 12.9. The van der Waals surface area contributed by atoms with E-state index in [0.717, 1.165) is 22.3 Å². The lowest BCUT2D eigenvalue weighted by atomic mass is 10.1. The number of aryl methyl sites for hydroxylation is 1. The van der Waals surface area contributed by atoms with Crippen molar-refractivity contribution in [2.45, 2.75) is 13.5 Å². The third-order valence-electron chi connectivity index (χ3n) is 3.72. The number of benzene rings is 1. The fourth-order valence-electron chi connectivity index (χ4n) is 2.48. The van der Waals surface area contributed by atoms with Crippen LogP contribution >= 0.6 is 0 Å². The van der Waals surface area contributed by atoms with Crippen molar-refractivity contribution in [2.75, 3.05) is 5.32 Å². The van der Waals surface area contributed by atoms with Crippen LogP contribution in [0.15, 0.2) is 36.8 Å². The van der Waals surface area contributed by atoms with Crippen molar-refractivity contribution < 1.29 is 9.90 Å². The molecule has 0 spiro atoms. The van der Waals surface area contributed by atoms with Gasteiger partial charge in [0.1, 0.15) is 11.8 Å². The van der Waals surface area contributed by atoms with Crippen molar-refractivity contribution in [1.29, 1.82) is 0 Å². The highest BCUT2D eigenvalue weighted by molar-refractivity contribution is 6.18. The van der Waals surface area contributed by atoms with E-state index in [2.05, 4.69) is 20.6 Å². The van der Waals surface area contributed by atoms with Gasteiger partial charge in [0.25, 0.3) is 0 Å². The van der Waals surface area contributed by atoms with Crippen LogP contribution in [0.25, 0.3) is 5.52 Å². The molecule has 0 unspecified atom stereocenters. The summed E-state index contributed by atoms with van der Waals surface area (Å²) in [5.41, 5.74) is 3.82. The fraction of sp³-hybridized carbons (Fsp3) is 0.133. The Morgan fingerprint density at radius 2 is 2.26 bits per heavy atom. The lowest BCUT2D eigenvalue weighted by Gasteiger charge is -2.09. The van der Waals surface area contributed by atoms with Gasteiger partial charge >= 0.3 is 0 Å². The molecule has 116 valence electrons. The maximum atomic E-state index is 11.7.